The first-order chi connectivity index (χ1) is 9.17. The molecule has 0 bridgehead atoms. The molecule has 0 fully saturated rings. The fraction of sp³-hybridized carbons (Fsp3) is 0.444. The van der Waals surface area contributed by atoms with Crippen LogP contribution in [0.3, 0.4) is 0 Å². The lowest BCUT2D eigenvalue weighted by molar-refractivity contribution is 0.395. The lowest BCUT2D eigenvalue weighted by atomic mass is 9.84. The summed E-state index contributed by atoms with van der Waals surface area (Å²) in [7, 11) is 1.77. The van der Waals surface area contributed by atoms with E-state index in [1.165, 1.54) is 16.7 Å². The van der Waals surface area contributed by atoms with Gasteiger partial charge in [-0.05, 0) is 53.9 Å². The number of hydrogen-bond acceptors (Lipinski definition) is 1. The molecule has 1 nitrogen and oxygen atoms in total. The zero-order chi connectivity index (χ0) is 13.8. The molecule has 102 valence electrons. The van der Waals surface area contributed by atoms with Crippen molar-refractivity contribution in [3.63, 3.8) is 0 Å². The van der Waals surface area contributed by atoms with Gasteiger partial charge in [-0.1, -0.05) is 38.1 Å². The quantitative estimate of drug-likeness (QED) is 0.696. The summed E-state index contributed by atoms with van der Waals surface area (Å²) in [6, 6.07) is 4.28. The molecule has 0 saturated heterocycles. The van der Waals surface area contributed by atoms with Crippen molar-refractivity contribution in [2.75, 3.05) is 7.11 Å². The Morgan fingerprint density at radius 1 is 1.37 bits per heavy atom. The lowest BCUT2D eigenvalue weighted by Gasteiger charge is -2.23. The lowest BCUT2D eigenvalue weighted by Crippen LogP contribution is -2.12. The van der Waals surface area contributed by atoms with E-state index in [4.69, 9.17) is 4.74 Å². The van der Waals surface area contributed by atoms with Crippen molar-refractivity contribution in [2.24, 2.45) is 11.8 Å². The largest absolute Gasteiger partial charge is 0.496 e. The van der Waals surface area contributed by atoms with Crippen molar-refractivity contribution < 1.29 is 4.74 Å². The van der Waals surface area contributed by atoms with Gasteiger partial charge >= 0.3 is 0 Å². The number of benzene rings is 1. The van der Waals surface area contributed by atoms with Crippen molar-refractivity contribution in [2.45, 2.75) is 33.1 Å². The normalized spacial score (nSPS) is 16.6. The van der Waals surface area contributed by atoms with Crippen LogP contribution < -0.4 is 4.74 Å². The molecule has 2 rings (SSSR count). The van der Waals surface area contributed by atoms with Gasteiger partial charge in [0.25, 0.3) is 0 Å². The Morgan fingerprint density at radius 3 is 2.84 bits per heavy atom. The van der Waals surface area contributed by atoms with Gasteiger partial charge in [0.2, 0.25) is 0 Å². The van der Waals surface area contributed by atoms with Crippen LogP contribution in [0.4, 0.5) is 0 Å². The van der Waals surface area contributed by atoms with Crippen LogP contribution in [0.1, 0.15) is 37.0 Å². The third kappa shape index (κ3) is 2.91. The Kier molecular flexibility index (Phi) is 4.47. The SMILES string of the molecule is C=CC(C)C(C)Cc1c(OC)ccc2c1CCC=C2. The Bertz CT molecular complexity index is 485. The van der Waals surface area contributed by atoms with Crippen molar-refractivity contribution in [1.29, 1.82) is 0 Å². The van der Waals surface area contributed by atoms with Crippen molar-refractivity contribution in [3.8, 4) is 5.75 Å². The molecule has 2 atom stereocenters. The van der Waals surface area contributed by atoms with Gasteiger partial charge in [0, 0.05) is 0 Å². The number of allylic oxidation sites excluding steroid dienone is 2. The van der Waals surface area contributed by atoms with Crippen molar-refractivity contribution in [3.05, 3.63) is 47.6 Å². The highest BCUT2D eigenvalue weighted by atomic mass is 16.5. The monoisotopic (exact) mass is 256 g/mol. The molecule has 0 aliphatic heterocycles. The van der Waals surface area contributed by atoms with Crippen LogP contribution >= 0.6 is 0 Å². The second-order valence-corrected chi connectivity index (χ2v) is 5.53. The van der Waals surface area contributed by atoms with Gasteiger partial charge in [0.15, 0.2) is 0 Å². The van der Waals surface area contributed by atoms with E-state index in [0.29, 0.717) is 11.8 Å². The standard InChI is InChI=1S/C18H24O/c1-5-13(2)14(3)12-17-16-9-7-6-8-15(16)10-11-18(17)19-4/h5-6,8,10-11,13-14H,1,7,9,12H2,2-4H3. The molecular weight excluding hydrogens is 232 g/mol. The highest BCUT2D eigenvalue weighted by molar-refractivity contribution is 5.61. The van der Waals surface area contributed by atoms with Gasteiger partial charge in [0.1, 0.15) is 5.75 Å². The summed E-state index contributed by atoms with van der Waals surface area (Å²) in [5, 5.41) is 0. The molecule has 0 radical (unpaired) electrons. The van der Waals surface area contributed by atoms with E-state index in [2.05, 4.69) is 44.7 Å². The summed E-state index contributed by atoms with van der Waals surface area (Å²) >= 11 is 0. The van der Waals surface area contributed by atoms with Crippen LogP contribution in [0.5, 0.6) is 5.75 Å². The highest BCUT2D eigenvalue weighted by Gasteiger charge is 2.18. The molecule has 1 heteroatoms. The average molecular weight is 256 g/mol. The molecule has 2 unspecified atom stereocenters. The number of methoxy groups -OCH3 is 1. The molecule has 0 aromatic heterocycles. The first kappa shape index (κ1) is 13.9. The number of hydrogen-bond donors (Lipinski definition) is 0. The van der Waals surface area contributed by atoms with E-state index in [0.717, 1.165) is 25.0 Å². The van der Waals surface area contributed by atoms with E-state index < -0.39 is 0 Å². The number of rotatable bonds is 5. The van der Waals surface area contributed by atoms with Crippen LogP contribution in [0.25, 0.3) is 6.08 Å². The number of ether oxygens (including phenoxy) is 1. The smallest absolute Gasteiger partial charge is 0.122 e. The predicted octanol–water partition coefficient (Wildman–Crippen LogP) is 4.66. The summed E-state index contributed by atoms with van der Waals surface area (Å²) in [6.07, 6.45) is 9.88. The van der Waals surface area contributed by atoms with Crippen molar-refractivity contribution >= 4 is 6.08 Å². The van der Waals surface area contributed by atoms with E-state index in [1.807, 2.05) is 6.08 Å². The van der Waals surface area contributed by atoms with Crippen molar-refractivity contribution in [1.82, 2.24) is 0 Å². The minimum absolute atomic E-state index is 0.527. The van der Waals surface area contributed by atoms with Gasteiger partial charge < -0.3 is 4.74 Å². The fourth-order valence-electron chi connectivity index (χ4n) is 2.73. The average Bonchev–Trinajstić information content (AvgIpc) is 2.46. The second kappa shape index (κ2) is 6.10. The Morgan fingerprint density at radius 2 is 2.16 bits per heavy atom. The minimum Gasteiger partial charge on any atom is -0.496 e. The molecule has 0 amide bonds. The molecule has 0 heterocycles. The van der Waals surface area contributed by atoms with Gasteiger partial charge in [-0.25, -0.2) is 0 Å². The van der Waals surface area contributed by atoms with Crippen LogP contribution in [0, 0.1) is 11.8 Å². The summed E-state index contributed by atoms with van der Waals surface area (Å²) in [5.74, 6) is 2.15. The summed E-state index contributed by atoms with van der Waals surface area (Å²) in [5.41, 5.74) is 4.23. The molecule has 1 aromatic carbocycles. The maximum absolute atomic E-state index is 5.58. The van der Waals surface area contributed by atoms with Gasteiger partial charge in [-0.3, -0.25) is 0 Å². The minimum atomic E-state index is 0.527. The van der Waals surface area contributed by atoms with Crippen LogP contribution in [0.15, 0.2) is 30.9 Å². The topological polar surface area (TPSA) is 9.23 Å². The Labute approximate surface area is 117 Å². The third-order valence-electron chi connectivity index (χ3n) is 4.30. The van der Waals surface area contributed by atoms with Crippen LogP contribution in [-0.2, 0) is 12.8 Å². The van der Waals surface area contributed by atoms with E-state index in [9.17, 15) is 0 Å². The molecule has 19 heavy (non-hydrogen) atoms. The predicted molar refractivity (Wildman–Crippen MR) is 82.6 cm³/mol. The van der Waals surface area contributed by atoms with Crippen LogP contribution in [0.2, 0.25) is 0 Å². The first-order valence-electron chi connectivity index (χ1n) is 7.15. The summed E-state index contributed by atoms with van der Waals surface area (Å²) in [6.45, 7) is 8.44. The summed E-state index contributed by atoms with van der Waals surface area (Å²) in [4.78, 5) is 0. The molecule has 1 aromatic rings. The zero-order valence-electron chi connectivity index (χ0n) is 12.3. The Hall–Kier alpha value is -1.50. The van der Waals surface area contributed by atoms with Gasteiger partial charge in [-0.15, -0.1) is 6.58 Å². The maximum atomic E-state index is 5.58. The zero-order valence-corrected chi connectivity index (χ0v) is 12.3. The molecule has 1 aliphatic carbocycles. The molecule has 1 aliphatic rings. The number of fused-ring (bicyclic) bond motifs is 1. The van der Waals surface area contributed by atoms with Gasteiger partial charge in [-0.2, -0.15) is 0 Å². The third-order valence-corrected chi connectivity index (χ3v) is 4.30. The van der Waals surface area contributed by atoms with Gasteiger partial charge in [0.05, 0.1) is 7.11 Å². The second-order valence-electron chi connectivity index (χ2n) is 5.53. The van der Waals surface area contributed by atoms with E-state index in [-0.39, 0.29) is 0 Å². The molecule has 0 spiro atoms. The molecular formula is C18H24O. The van der Waals surface area contributed by atoms with Crippen LogP contribution in [-0.4, -0.2) is 7.11 Å². The Balaban J connectivity index is 2.36. The molecule has 0 N–H and O–H groups in total. The highest BCUT2D eigenvalue weighted by Crippen LogP contribution is 2.33. The first-order valence-corrected chi connectivity index (χ1v) is 7.15. The van der Waals surface area contributed by atoms with E-state index >= 15 is 0 Å². The molecule has 0 saturated carbocycles. The maximum Gasteiger partial charge on any atom is 0.122 e. The fourth-order valence-corrected chi connectivity index (χ4v) is 2.73. The van der Waals surface area contributed by atoms with E-state index in [1.54, 1.807) is 7.11 Å². The summed E-state index contributed by atoms with van der Waals surface area (Å²) < 4.78 is 5.58.